The Kier molecular flexibility index (Phi) is 6.38. The molecule has 2 amide bonds. The highest BCUT2D eigenvalue weighted by atomic mass is 16.6. The van der Waals surface area contributed by atoms with E-state index in [2.05, 4.69) is 10.8 Å². The van der Waals surface area contributed by atoms with Crippen LogP contribution >= 0.6 is 0 Å². The number of hydrogen-bond donors (Lipinski definition) is 2. The predicted octanol–water partition coefficient (Wildman–Crippen LogP) is 3.81. The van der Waals surface area contributed by atoms with Gasteiger partial charge in [-0.15, -0.1) is 0 Å². The molecule has 0 fully saturated rings. The fraction of sp³-hybridized carbons (Fsp3) is 0.0909. The van der Waals surface area contributed by atoms with E-state index in [4.69, 9.17) is 9.57 Å². The Morgan fingerprint density at radius 2 is 1.50 bits per heavy atom. The number of rotatable bonds is 7. The van der Waals surface area contributed by atoms with Crippen LogP contribution in [0, 0.1) is 0 Å². The predicted molar refractivity (Wildman–Crippen MR) is 106 cm³/mol. The van der Waals surface area contributed by atoms with Gasteiger partial charge in [0.25, 0.3) is 11.8 Å². The monoisotopic (exact) mass is 376 g/mol. The topological polar surface area (TPSA) is 76.7 Å². The third kappa shape index (κ3) is 4.96. The van der Waals surface area contributed by atoms with Crippen LogP contribution in [0.1, 0.15) is 26.3 Å². The van der Waals surface area contributed by atoms with E-state index in [1.807, 2.05) is 30.3 Å². The van der Waals surface area contributed by atoms with Crippen molar-refractivity contribution >= 4 is 17.5 Å². The Hall–Kier alpha value is -3.64. The molecular formula is C22H20N2O4. The summed E-state index contributed by atoms with van der Waals surface area (Å²) >= 11 is 0. The number of carbonyl (C=O) groups is 2. The van der Waals surface area contributed by atoms with E-state index in [9.17, 15) is 9.59 Å². The molecule has 0 atom stereocenters. The summed E-state index contributed by atoms with van der Waals surface area (Å²) in [6.45, 7) is 0.243. The zero-order chi connectivity index (χ0) is 19.8. The van der Waals surface area contributed by atoms with E-state index in [1.165, 1.54) is 0 Å². The van der Waals surface area contributed by atoms with Crippen molar-refractivity contribution in [2.45, 2.75) is 6.61 Å². The number of anilines is 1. The third-order valence-electron chi connectivity index (χ3n) is 4.02. The molecule has 3 aromatic carbocycles. The van der Waals surface area contributed by atoms with Crippen molar-refractivity contribution in [3.05, 3.63) is 95.6 Å². The van der Waals surface area contributed by atoms with Crippen molar-refractivity contribution in [1.82, 2.24) is 5.48 Å². The number of amides is 2. The van der Waals surface area contributed by atoms with Gasteiger partial charge in [0.05, 0.1) is 25.0 Å². The van der Waals surface area contributed by atoms with Gasteiger partial charge in [0.2, 0.25) is 0 Å². The number of ether oxygens (including phenoxy) is 1. The lowest BCUT2D eigenvalue weighted by Gasteiger charge is -2.12. The first-order valence-corrected chi connectivity index (χ1v) is 8.68. The van der Waals surface area contributed by atoms with Crippen LogP contribution in [0.15, 0.2) is 78.9 Å². The second-order valence-corrected chi connectivity index (χ2v) is 5.93. The maximum Gasteiger partial charge on any atom is 0.276 e. The first-order chi connectivity index (χ1) is 13.7. The number of para-hydroxylation sites is 1. The molecule has 0 radical (unpaired) electrons. The minimum Gasteiger partial charge on any atom is -0.497 e. The SMILES string of the molecule is COc1ccc(C(=O)Nc2ccccc2C(=O)NOCc2ccccc2)cc1. The van der Waals surface area contributed by atoms with Gasteiger partial charge in [-0.05, 0) is 42.0 Å². The van der Waals surface area contributed by atoms with Gasteiger partial charge in [0.1, 0.15) is 5.75 Å². The highest BCUT2D eigenvalue weighted by Gasteiger charge is 2.14. The summed E-state index contributed by atoms with van der Waals surface area (Å²) in [4.78, 5) is 30.2. The summed E-state index contributed by atoms with van der Waals surface area (Å²) in [6, 6.07) is 22.9. The molecule has 0 saturated carbocycles. The maximum absolute atomic E-state index is 12.5. The Labute approximate surface area is 163 Å². The van der Waals surface area contributed by atoms with Crippen LogP contribution in [0.2, 0.25) is 0 Å². The van der Waals surface area contributed by atoms with E-state index < -0.39 is 5.91 Å². The summed E-state index contributed by atoms with van der Waals surface area (Å²) in [5, 5.41) is 2.76. The zero-order valence-corrected chi connectivity index (χ0v) is 15.3. The molecule has 3 aromatic rings. The van der Waals surface area contributed by atoms with Crippen LogP contribution in [0.4, 0.5) is 5.69 Å². The van der Waals surface area contributed by atoms with Crippen molar-refractivity contribution < 1.29 is 19.2 Å². The lowest BCUT2D eigenvalue weighted by molar-refractivity contribution is 0.0234. The van der Waals surface area contributed by atoms with Crippen molar-refractivity contribution in [3.8, 4) is 5.75 Å². The molecule has 0 unspecified atom stereocenters. The standard InChI is InChI=1S/C22H20N2O4/c1-27-18-13-11-17(12-14-18)21(25)23-20-10-6-5-9-19(20)22(26)24-28-15-16-7-3-2-4-8-16/h2-14H,15H2,1H3,(H,23,25)(H,24,26). The lowest BCUT2D eigenvalue weighted by Crippen LogP contribution is -2.25. The second-order valence-electron chi connectivity index (χ2n) is 5.93. The van der Waals surface area contributed by atoms with Crippen LogP contribution in [0.25, 0.3) is 0 Å². The van der Waals surface area contributed by atoms with E-state index in [1.54, 1.807) is 55.6 Å². The van der Waals surface area contributed by atoms with Crippen LogP contribution in [0.5, 0.6) is 5.75 Å². The molecule has 28 heavy (non-hydrogen) atoms. The van der Waals surface area contributed by atoms with Crippen molar-refractivity contribution in [2.24, 2.45) is 0 Å². The average Bonchev–Trinajstić information content (AvgIpc) is 2.75. The summed E-state index contributed by atoms with van der Waals surface area (Å²) in [5.41, 5.74) is 4.49. The van der Waals surface area contributed by atoms with Crippen LogP contribution in [0.3, 0.4) is 0 Å². The molecule has 2 N–H and O–H groups in total. The smallest absolute Gasteiger partial charge is 0.276 e. The Bertz CT molecular complexity index is 940. The Morgan fingerprint density at radius 1 is 0.821 bits per heavy atom. The average molecular weight is 376 g/mol. The minimum atomic E-state index is -0.443. The molecule has 0 aliphatic rings. The normalized spacial score (nSPS) is 10.2. The summed E-state index contributed by atoms with van der Waals surface area (Å²) in [6.07, 6.45) is 0. The molecule has 0 spiro atoms. The molecule has 0 aromatic heterocycles. The first-order valence-electron chi connectivity index (χ1n) is 8.68. The van der Waals surface area contributed by atoms with Crippen molar-refractivity contribution in [1.29, 1.82) is 0 Å². The summed E-state index contributed by atoms with van der Waals surface area (Å²) in [5.74, 6) is -0.110. The van der Waals surface area contributed by atoms with Gasteiger partial charge in [-0.2, -0.15) is 0 Å². The van der Waals surface area contributed by atoms with Gasteiger partial charge in [-0.1, -0.05) is 42.5 Å². The first kappa shape index (κ1) is 19.1. The fourth-order valence-corrected chi connectivity index (χ4v) is 2.54. The van der Waals surface area contributed by atoms with Gasteiger partial charge in [-0.25, -0.2) is 5.48 Å². The highest BCUT2D eigenvalue weighted by molar-refractivity contribution is 6.08. The molecule has 0 heterocycles. The van der Waals surface area contributed by atoms with Gasteiger partial charge in [0, 0.05) is 5.56 Å². The third-order valence-corrected chi connectivity index (χ3v) is 4.02. The van der Waals surface area contributed by atoms with E-state index in [-0.39, 0.29) is 12.5 Å². The van der Waals surface area contributed by atoms with E-state index >= 15 is 0 Å². The quantitative estimate of drug-likeness (QED) is 0.615. The van der Waals surface area contributed by atoms with Crippen LogP contribution in [-0.4, -0.2) is 18.9 Å². The number of carbonyl (C=O) groups excluding carboxylic acids is 2. The zero-order valence-electron chi connectivity index (χ0n) is 15.3. The largest absolute Gasteiger partial charge is 0.497 e. The van der Waals surface area contributed by atoms with Crippen LogP contribution < -0.4 is 15.5 Å². The maximum atomic E-state index is 12.5. The Morgan fingerprint density at radius 3 is 2.21 bits per heavy atom. The van der Waals surface area contributed by atoms with Gasteiger partial charge in [-0.3, -0.25) is 14.4 Å². The molecule has 0 aliphatic heterocycles. The molecule has 0 aliphatic carbocycles. The summed E-state index contributed by atoms with van der Waals surface area (Å²) < 4.78 is 5.09. The van der Waals surface area contributed by atoms with Gasteiger partial charge >= 0.3 is 0 Å². The number of hydroxylamine groups is 1. The number of benzene rings is 3. The van der Waals surface area contributed by atoms with Crippen molar-refractivity contribution in [2.75, 3.05) is 12.4 Å². The molecule has 6 heteroatoms. The number of nitrogens with one attached hydrogen (secondary N) is 2. The molecule has 6 nitrogen and oxygen atoms in total. The van der Waals surface area contributed by atoms with E-state index in [0.717, 1.165) is 5.56 Å². The van der Waals surface area contributed by atoms with Crippen LogP contribution in [-0.2, 0) is 11.4 Å². The van der Waals surface area contributed by atoms with Crippen molar-refractivity contribution in [3.63, 3.8) is 0 Å². The van der Waals surface area contributed by atoms with Gasteiger partial charge < -0.3 is 10.1 Å². The van der Waals surface area contributed by atoms with E-state index in [0.29, 0.717) is 22.6 Å². The second kappa shape index (κ2) is 9.34. The molecule has 0 saturated heterocycles. The fourth-order valence-electron chi connectivity index (χ4n) is 2.54. The number of hydrogen-bond acceptors (Lipinski definition) is 4. The van der Waals surface area contributed by atoms with Gasteiger partial charge in [0.15, 0.2) is 0 Å². The minimum absolute atomic E-state index is 0.243. The molecule has 142 valence electrons. The summed E-state index contributed by atoms with van der Waals surface area (Å²) in [7, 11) is 1.56. The number of methoxy groups -OCH3 is 1. The Balaban J connectivity index is 1.64. The molecular weight excluding hydrogens is 356 g/mol. The highest BCUT2D eigenvalue weighted by Crippen LogP contribution is 2.18. The molecule has 3 rings (SSSR count). The lowest BCUT2D eigenvalue weighted by atomic mass is 10.1. The molecule has 0 bridgehead atoms.